The van der Waals surface area contributed by atoms with E-state index in [0.29, 0.717) is 0 Å². The predicted octanol–water partition coefficient (Wildman–Crippen LogP) is 3.44. The fourth-order valence-corrected chi connectivity index (χ4v) is 4.97. The number of nitrogens with zero attached hydrogens (tertiary/aromatic N) is 2. The summed E-state index contributed by atoms with van der Waals surface area (Å²) in [6.45, 7) is -0.0445. The van der Waals surface area contributed by atoms with Gasteiger partial charge in [-0.1, -0.05) is 23.7 Å². The molecular formula is C19H18ClF4N3O3S. The van der Waals surface area contributed by atoms with Crippen LogP contribution in [0.2, 0.25) is 5.02 Å². The number of carbonyl (C=O) groups excluding carboxylic acids is 1. The summed E-state index contributed by atoms with van der Waals surface area (Å²) in [5.41, 5.74) is -1.26. The Balaban J connectivity index is 1.62. The van der Waals surface area contributed by atoms with Crippen molar-refractivity contribution in [3.05, 3.63) is 58.9 Å². The Morgan fingerprint density at radius 1 is 1.06 bits per heavy atom. The van der Waals surface area contributed by atoms with E-state index in [0.717, 1.165) is 28.6 Å². The highest BCUT2D eigenvalue weighted by Crippen LogP contribution is 2.35. The van der Waals surface area contributed by atoms with Gasteiger partial charge in [0.1, 0.15) is 5.82 Å². The van der Waals surface area contributed by atoms with Gasteiger partial charge in [0.15, 0.2) is 0 Å². The fourth-order valence-electron chi connectivity index (χ4n) is 3.18. The summed E-state index contributed by atoms with van der Waals surface area (Å²) in [6, 6.07) is 7.81. The molecule has 2 aromatic rings. The summed E-state index contributed by atoms with van der Waals surface area (Å²) in [7, 11) is -4.36. The van der Waals surface area contributed by atoms with Crippen molar-refractivity contribution < 1.29 is 30.8 Å². The molecule has 1 aliphatic rings. The molecule has 0 unspecified atom stereocenters. The quantitative estimate of drug-likeness (QED) is 0.667. The lowest BCUT2D eigenvalue weighted by Gasteiger charge is -2.34. The lowest BCUT2D eigenvalue weighted by Crippen LogP contribution is -2.50. The Bertz CT molecular complexity index is 1070. The molecule has 0 radical (unpaired) electrons. The smallest absolute Gasteiger partial charge is 0.322 e. The molecule has 0 atom stereocenters. The normalized spacial score (nSPS) is 16.3. The second kappa shape index (κ2) is 9.11. The zero-order chi connectivity index (χ0) is 22.8. The molecule has 2 aromatic carbocycles. The maximum Gasteiger partial charge on any atom is 0.417 e. The zero-order valence-electron chi connectivity index (χ0n) is 16.0. The number of halogens is 5. The Morgan fingerprint density at radius 2 is 1.71 bits per heavy atom. The minimum atomic E-state index is -4.81. The molecule has 0 saturated carbocycles. The maximum atomic E-state index is 13.8. The van der Waals surface area contributed by atoms with Crippen molar-refractivity contribution in [2.24, 2.45) is 0 Å². The molecule has 0 aromatic heterocycles. The number of hydrogen-bond donors (Lipinski definition) is 1. The van der Waals surface area contributed by atoms with Crippen molar-refractivity contribution in [3.8, 4) is 0 Å². The second-order valence-electron chi connectivity index (χ2n) is 6.85. The molecule has 3 rings (SSSR count). The molecule has 12 heteroatoms. The number of hydrogen-bond acceptors (Lipinski definition) is 4. The topological polar surface area (TPSA) is 69.7 Å². The monoisotopic (exact) mass is 479 g/mol. The highest BCUT2D eigenvalue weighted by atomic mass is 35.5. The molecule has 1 N–H and O–H groups in total. The van der Waals surface area contributed by atoms with Gasteiger partial charge in [-0.2, -0.15) is 17.5 Å². The van der Waals surface area contributed by atoms with Crippen molar-refractivity contribution in [2.45, 2.75) is 11.1 Å². The van der Waals surface area contributed by atoms with E-state index in [1.165, 1.54) is 18.2 Å². The Kier molecular flexibility index (Phi) is 6.89. The van der Waals surface area contributed by atoms with Crippen LogP contribution in [-0.2, 0) is 21.0 Å². The van der Waals surface area contributed by atoms with Crippen LogP contribution < -0.4 is 5.32 Å². The third-order valence-electron chi connectivity index (χ3n) is 4.71. The molecule has 6 nitrogen and oxygen atoms in total. The minimum Gasteiger partial charge on any atom is -0.322 e. The van der Waals surface area contributed by atoms with Gasteiger partial charge >= 0.3 is 6.18 Å². The molecule has 1 amide bonds. The lowest BCUT2D eigenvalue weighted by atomic mass is 10.2. The molecule has 1 heterocycles. The van der Waals surface area contributed by atoms with Crippen LogP contribution in [0.5, 0.6) is 0 Å². The molecule has 1 aliphatic heterocycles. The van der Waals surface area contributed by atoms with E-state index in [1.807, 2.05) is 0 Å². The summed E-state index contributed by atoms with van der Waals surface area (Å²) >= 11 is 5.66. The van der Waals surface area contributed by atoms with Crippen LogP contribution in [0.1, 0.15) is 5.56 Å². The molecule has 1 saturated heterocycles. The fraction of sp³-hybridized carbons (Fsp3) is 0.316. The zero-order valence-corrected chi connectivity index (χ0v) is 17.6. The number of piperazine rings is 1. The Morgan fingerprint density at radius 3 is 2.32 bits per heavy atom. The number of amides is 1. The van der Waals surface area contributed by atoms with Gasteiger partial charge in [0.25, 0.3) is 0 Å². The summed E-state index contributed by atoms with van der Waals surface area (Å²) in [6.07, 6.45) is -4.81. The standard InChI is InChI=1S/C19H18ClF4N3O3S/c20-13-5-6-16(15(21)11-13)25-18(28)12-26-7-9-27(10-8-26)31(29,30)17-4-2-1-3-14(17)19(22,23)24/h1-6,11H,7-10,12H2,(H,25,28). The van der Waals surface area contributed by atoms with Gasteiger partial charge in [0.05, 0.1) is 22.7 Å². The molecular weight excluding hydrogens is 462 g/mol. The van der Waals surface area contributed by atoms with E-state index >= 15 is 0 Å². The third kappa shape index (κ3) is 5.53. The van der Waals surface area contributed by atoms with Crippen LogP contribution in [0.15, 0.2) is 47.4 Å². The molecule has 0 bridgehead atoms. The summed E-state index contributed by atoms with van der Waals surface area (Å²) in [5, 5.41) is 2.59. The molecule has 168 valence electrons. The molecule has 0 aliphatic carbocycles. The van der Waals surface area contributed by atoms with E-state index in [9.17, 15) is 30.8 Å². The average molecular weight is 480 g/mol. The maximum absolute atomic E-state index is 13.8. The highest BCUT2D eigenvalue weighted by Gasteiger charge is 2.39. The van der Waals surface area contributed by atoms with E-state index in [4.69, 9.17) is 11.6 Å². The van der Waals surface area contributed by atoms with Gasteiger partial charge in [-0.3, -0.25) is 9.69 Å². The van der Waals surface area contributed by atoms with Crippen LogP contribution >= 0.6 is 11.6 Å². The van der Waals surface area contributed by atoms with Crippen molar-refractivity contribution in [1.82, 2.24) is 9.21 Å². The van der Waals surface area contributed by atoms with Crippen molar-refractivity contribution in [1.29, 1.82) is 0 Å². The van der Waals surface area contributed by atoms with Crippen molar-refractivity contribution in [3.63, 3.8) is 0 Å². The Hall–Kier alpha value is -2.21. The van der Waals surface area contributed by atoms with Crippen LogP contribution in [0.4, 0.5) is 23.2 Å². The number of carbonyl (C=O) groups is 1. The summed E-state index contributed by atoms with van der Waals surface area (Å²) in [4.78, 5) is 13.0. The van der Waals surface area contributed by atoms with E-state index < -0.39 is 38.4 Å². The lowest BCUT2D eigenvalue weighted by molar-refractivity contribution is -0.140. The number of alkyl halides is 3. The van der Waals surface area contributed by atoms with Gasteiger partial charge in [0, 0.05) is 31.2 Å². The number of sulfonamides is 1. The van der Waals surface area contributed by atoms with Gasteiger partial charge in [-0.05, 0) is 30.3 Å². The SMILES string of the molecule is O=C(CN1CCN(S(=O)(=O)c2ccccc2C(F)(F)F)CC1)Nc1ccc(Cl)cc1F. The van der Waals surface area contributed by atoms with E-state index in [1.54, 1.807) is 4.90 Å². The first-order valence-electron chi connectivity index (χ1n) is 9.12. The number of nitrogens with one attached hydrogen (secondary N) is 1. The first-order chi connectivity index (χ1) is 14.5. The second-order valence-corrected chi connectivity index (χ2v) is 9.19. The molecule has 1 fully saturated rings. The van der Waals surface area contributed by atoms with Crippen molar-refractivity contribution >= 4 is 33.2 Å². The van der Waals surface area contributed by atoms with Gasteiger partial charge in [-0.15, -0.1) is 0 Å². The van der Waals surface area contributed by atoms with E-state index in [-0.39, 0.29) is 43.4 Å². The van der Waals surface area contributed by atoms with Crippen LogP contribution in [0.3, 0.4) is 0 Å². The average Bonchev–Trinajstić information content (AvgIpc) is 2.70. The number of benzene rings is 2. The van der Waals surface area contributed by atoms with E-state index in [2.05, 4.69) is 5.32 Å². The first-order valence-corrected chi connectivity index (χ1v) is 10.9. The number of rotatable bonds is 5. The predicted molar refractivity (Wildman–Crippen MR) is 107 cm³/mol. The largest absolute Gasteiger partial charge is 0.417 e. The van der Waals surface area contributed by atoms with Crippen LogP contribution in [0, 0.1) is 5.82 Å². The van der Waals surface area contributed by atoms with Gasteiger partial charge in [-0.25, -0.2) is 12.8 Å². The molecule has 31 heavy (non-hydrogen) atoms. The minimum absolute atomic E-state index is 0.0422. The number of anilines is 1. The van der Waals surface area contributed by atoms with Crippen LogP contribution in [-0.4, -0.2) is 56.3 Å². The van der Waals surface area contributed by atoms with Crippen molar-refractivity contribution in [2.75, 3.05) is 38.0 Å². The third-order valence-corrected chi connectivity index (χ3v) is 6.91. The summed E-state index contributed by atoms with van der Waals surface area (Å²) < 4.78 is 79.9. The first kappa shape index (κ1) is 23.5. The highest BCUT2D eigenvalue weighted by molar-refractivity contribution is 7.89. The molecule has 0 spiro atoms. The Labute approximate surface area is 181 Å². The van der Waals surface area contributed by atoms with Crippen LogP contribution in [0.25, 0.3) is 0 Å². The van der Waals surface area contributed by atoms with Gasteiger partial charge in [0.2, 0.25) is 15.9 Å². The summed E-state index contributed by atoms with van der Waals surface area (Å²) in [5.74, 6) is -1.21. The van der Waals surface area contributed by atoms with Gasteiger partial charge < -0.3 is 5.32 Å².